The van der Waals surface area contributed by atoms with Crippen LogP contribution in [0.3, 0.4) is 0 Å². The van der Waals surface area contributed by atoms with E-state index in [-0.39, 0.29) is 0 Å². The molecule has 0 aromatic rings. The molecule has 4 heteroatoms. The summed E-state index contributed by atoms with van der Waals surface area (Å²) in [5, 5.41) is 9.02. The van der Waals surface area contributed by atoms with E-state index in [0.29, 0.717) is 6.42 Å². The largest absolute Gasteiger partial charge is 0.382 e. The Hall–Kier alpha value is -0.610. The van der Waals surface area contributed by atoms with Crippen molar-refractivity contribution in [2.45, 2.75) is 38.3 Å². The van der Waals surface area contributed by atoms with Crippen LogP contribution in [0.5, 0.6) is 0 Å². The van der Waals surface area contributed by atoms with Gasteiger partial charge in [-0.15, -0.1) is 0 Å². The van der Waals surface area contributed by atoms with Gasteiger partial charge in [0.25, 0.3) is 0 Å². The van der Waals surface area contributed by atoms with Crippen LogP contribution < -0.4 is 11.5 Å². The monoisotopic (exact) mass is 160 g/mol. The van der Waals surface area contributed by atoms with Crippen molar-refractivity contribution >= 4 is 5.91 Å². The molecular weight excluding hydrogens is 144 g/mol. The van der Waals surface area contributed by atoms with E-state index in [0.717, 1.165) is 12.8 Å². The molecule has 11 heavy (non-hydrogen) atoms. The number of amides is 1. The molecule has 0 rings (SSSR count). The van der Waals surface area contributed by atoms with E-state index in [2.05, 4.69) is 0 Å². The molecule has 0 aromatic heterocycles. The maximum absolute atomic E-state index is 10.4. The Kier molecular flexibility index (Phi) is 4.81. The van der Waals surface area contributed by atoms with E-state index in [9.17, 15) is 4.79 Å². The maximum atomic E-state index is 10.4. The minimum Gasteiger partial charge on any atom is -0.382 e. The molecule has 1 amide bonds. The first kappa shape index (κ1) is 10.4. The standard InChI is InChI=1S/C7H16N2O2/c1-2-3-4-5(8)6(10)7(9)11/h5-6,10H,2-4,8H2,1H3,(H2,9,11)/t5-,6?/m0/s1. The van der Waals surface area contributed by atoms with Gasteiger partial charge in [0.2, 0.25) is 5.91 Å². The summed E-state index contributed by atoms with van der Waals surface area (Å²) in [7, 11) is 0. The third-order valence-corrected chi connectivity index (χ3v) is 1.59. The van der Waals surface area contributed by atoms with Crippen molar-refractivity contribution in [1.29, 1.82) is 0 Å². The van der Waals surface area contributed by atoms with Crippen molar-refractivity contribution in [2.24, 2.45) is 11.5 Å². The van der Waals surface area contributed by atoms with Crippen LogP contribution in [0.15, 0.2) is 0 Å². The van der Waals surface area contributed by atoms with Crippen molar-refractivity contribution in [1.82, 2.24) is 0 Å². The molecule has 0 bridgehead atoms. The molecule has 0 aromatic carbocycles. The lowest BCUT2D eigenvalue weighted by molar-refractivity contribution is -0.127. The van der Waals surface area contributed by atoms with Crippen molar-refractivity contribution < 1.29 is 9.90 Å². The van der Waals surface area contributed by atoms with E-state index in [1.54, 1.807) is 0 Å². The zero-order valence-corrected chi connectivity index (χ0v) is 6.79. The summed E-state index contributed by atoms with van der Waals surface area (Å²) < 4.78 is 0. The highest BCUT2D eigenvalue weighted by Gasteiger charge is 2.18. The van der Waals surface area contributed by atoms with Gasteiger partial charge in [-0.1, -0.05) is 19.8 Å². The Morgan fingerprint density at radius 2 is 2.18 bits per heavy atom. The first-order valence-corrected chi connectivity index (χ1v) is 3.82. The molecular formula is C7H16N2O2. The third-order valence-electron chi connectivity index (χ3n) is 1.59. The second-order valence-electron chi connectivity index (χ2n) is 2.65. The van der Waals surface area contributed by atoms with Crippen LogP contribution in [0.2, 0.25) is 0 Å². The number of unbranched alkanes of at least 4 members (excludes halogenated alkanes) is 1. The number of hydrogen-bond donors (Lipinski definition) is 3. The van der Waals surface area contributed by atoms with Gasteiger partial charge < -0.3 is 16.6 Å². The van der Waals surface area contributed by atoms with Crippen molar-refractivity contribution in [3.8, 4) is 0 Å². The first-order chi connectivity index (χ1) is 5.09. The number of carbonyl (C=O) groups is 1. The number of hydrogen-bond acceptors (Lipinski definition) is 3. The molecule has 5 N–H and O–H groups in total. The minimum atomic E-state index is -1.19. The molecule has 0 heterocycles. The number of primary amides is 1. The third kappa shape index (κ3) is 3.95. The van der Waals surface area contributed by atoms with E-state index in [1.165, 1.54) is 0 Å². The van der Waals surface area contributed by atoms with Crippen LogP contribution in [0, 0.1) is 0 Å². The normalized spacial score (nSPS) is 15.9. The molecule has 0 radical (unpaired) electrons. The summed E-state index contributed by atoms with van der Waals surface area (Å²) in [5.41, 5.74) is 10.3. The number of aliphatic hydroxyl groups is 1. The first-order valence-electron chi connectivity index (χ1n) is 3.82. The van der Waals surface area contributed by atoms with Crippen LogP contribution in [-0.2, 0) is 4.79 Å². The van der Waals surface area contributed by atoms with Gasteiger partial charge in [-0.25, -0.2) is 0 Å². The van der Waals surface area contributed by atoms with Gasteiger partial charge in [-0.3, -0.25) is 4.79 Å². The van der Waals surface area contributed by atoms with Crippen molar-refractivity contribution in [3.05, 3.63) is 0 Å². The fraction of sp³-hybridized carbons (Fsp3) is 0.857. The second kappa shape index (κ2) is 5.09. The molecule has 66 valence electrons. The Morgan fingerprint density at radius 3 is 2.55 bits per heavy atom. The Morgan fingerprint density at radius 1 is 1.64 bits per heavy atom. The molecule has 0 saturated heterocycles. The summed E-state index contributed by atoms with van der Waals surface area (Å²) in [6.45, 7) is 2.02. The minimum absolute atomic E-state index is 0.507. The molecule has 0 saturated carbocycles. The van der Waals surface area contributed by atoms with Gasteiger partial charge in [-0.2, -0.15) is 0 Å². The lowest BCUT2D eigenvalue weighted by Gasteiger charge is -2.14. The zero-order chi connectivity index (χ0) is 8.85. The average molecular weight is 160 g/mol. The second-order valence-corrected chi connectivity index (χ2v) is 2.65. The summed E-state index contributed by atoms with van der Waals surface area (Å²) >= 11 is 0. The lowest BCUT2D eigenvalue weighted by atomic mass is 10.1. The van der Waals surface area contributed by atoms with Crippen LogP contribution in [0.4, 0.5) is 0 Å². The Bertz CT molecular complexity index is 128. The number of nitrogens with two attached hydrogens (primary N) is 2. The predicted octanol–water partition coefficient (Wildman–Crippen LogP) is -0.650. The van der Waals surface area contributed by atoms with Gasteiger partial charge in [-0.05, 0) is 6.42 Å². The zero-order valence-electron chi connectivity index (χ0n) is 6.79. The van der Waals surface area contributed by atoms with Crippen LogP contribution in [-0.4, -0.2) is 23.2 Å². The quantitative estimate of drug-likeness (QED) is 0.499. The number of aliphatic hydroxyl groups excluding tert-OH is 1. The molecule has 0 spiro atoms. The fourth-order valence-corrected chi connectivity index (χ4v) is 0.809. The summed E-state index contributed by atoms with van der Waals surface area (Å²) in [4.78, 5) is 10.4. The van der Waals surface area contributed by atoms with E-state index < -0.39 is 18.1 Å². The Labute approximate surface area is 66.6 Å². The molecule has 4 nitrogen and oxygen atoms in total. The summed E-state index contributed by atoms with van der Waals surface area (Å²) in [6.07, 6.45) is 1.35. The van der Waals surface area contributed by atoms with E-state index in [4.69, 9.17) is 16.6 Å². The van der Waals surface area contributed by atoms with Crippen LogP contribution in [0.1, 0.15) is 26.2 Å². The van der Waals surface area contributed by atoms with Gasteiger partial charge in [0.05, 0.1) is 0 Å². The SMILES string of the molecule is CCCC[C@H](N)C(O)C(N)=O. The fourth-order valence-electron chi connectivity index (χ4n) is 0.809. The predicted molar refractivity (Wildman–Crippen MR) is 42.7 cm³/mol. The summed E-state index contributed by atoms with van der Waals surface area (Å²) in [6, 6.07) is -0.507. The van der Waals surface area contributed by atoms with Crippen molar-refractivity contribution in [2.75, 3.05) is 0 Å². The molecule has 0 aliphatic carbocycles. The molecule has 0 aliphatic heterocycles. The Balaban J connectivity index is 3.63. The van der Waals surface area contributed by atoms with Crippen LogP contribution in [0.25, 0.3) is 0 Å². The van der Waals surface area contributed by atoms with Gasteiger partial charge in [0.15, 0.2) is 0 Å². The maximum Gasteiger partial charge on any atom is 0.247 e. The van der Waals surface area contributed by atoms with E-state index >= 15 is 0 Å². The molecule has 0 aliphatic rings. The molecule has 0 fully saturated rings. The van der Waals surface area contributed by atoms with Crippen molar-refractivity contribution in [3.63, 3.8) is 0 Å². The van der Waals surface area contributed by atoms with Gasteiger partial charge in [0, 0.05) is 6.04 Å². The van der Waals surface area contributed by atoms with Crippen LogP contribution >= 0.6 is 0 Å². The summed E-state index contributed by atoms with van der Waals surface area (Å²) in [5.74, 6) is -0.742. The smallest absolute Gasteiger partial charge is 0.247 e. The number of rotatable bonds is 5. The highest BCUT2D eigenvalue weighted by molar-refractivity contribution is 5.79. The van der Waals surface area contributed by atoms with Gasteiger partial charge >= 0.3 is 0 Å². The molecule has 1 unspecified atom stereocenters. The van der Waals surface area contributed by atoms with E-state index in [1.807, 2.05) is 6.92 Å². The molecule has 2 atom stereocenters. The highest BCUT2D eigenvalue weighted by Crippen LogP contribution is 2.01. The highest BCUT2D eigenvalue weighted by atomic mass is 16.3. The average Bonchev–Trinajstić information content (AvgIpc) is 1.98. The lowest BCUT2D eigenvalue weighted by Crippen LogP contribution is -2.43. The number of carbonyl (C=O) groups excluding carboxylic acids is 1. The van der Waals surface area contributed by atoms with Gasteiger partial charge in [0.1, 0.15) is 6.10 Å². The topological polar surface area (TPSA) is 89.3 Å².